The van der Waals surface area contributed by atoms with Crippen molar-refractivity contribution < 1.29 is 9.84 Å². The second-order valence-corrected chi connectivity index (χ2v) is 6.17. The summed E-state index contributed by atoms with van der Waals surface area (Å²) in [6, 6.07) is 8.63. The van der Waals surface area contributed by atoms with Gasteiger partial charge in [0.05, 0.1) is 7.11 Å². The van der Waals surface area contributed by atoms with Gasteiger partial charge in [0.15, 0.2) is 11.0 Å². The van der Waals surface area contributed by atoms with Crippen molar-refractivity contribution in [3.8, 4) is 5.75 Å². The molecule has 0 saturated heterocycles. The fourth-order valence-corrected chi connectivity index (χ4v) is 3.28. The summed E-state index contributed by atoms with van der Waals surface area (Å²) in [6.07, 6.45) is 3.30. The summed E-state index contributed by atoms with van der Waals surface area (Å²) in [5, 5.41) is 18.5. The van der Waals surface area contributed by atoms with Crippen molar-refractivity contribution in [3.05, 3.63) is 35.7 Å². The highest BCUT2D eigenvalue weighted by Crippen LogP contribution is 2.38. The molecule has 1 aliphatic rings. The zero-order valence-electron chi connectivity index (χ0n) is 12.0. The quantitative estimate of drug-likeness (QED) is 0.796. The minimum Gasteiger partial charge on any atom is -0.497 e. The van der Waals surface area contributed by atoms with E-state index in [0.717, 1.165) is 35.9 Å². The Hall–Kier alpha value is -1.53. The van der Waals surface area contributed by atoms with Gasteiger partial charge in [-0.3, -0.25) is 0 Å². The van der Waals surface area contributed by atoms with Crippen LogP contribution in [0.25, 0.3) is 0 Å². The summed E-state index contributed by atoms with van der Waals surface area (Å²) in [4.78, 5) is 0. The molecule has 6 heteroatoms. The maximum Gasteiger partial charge on any atom is 0.191 e. The number of nitrogens with zero attached hydrogens (tertiary/aromatic N) is 3. The first-order valence-corrected chi connectivity index (χ1v) is 8.10. The van der Waals surface area contributed by atoms with Gasteiger partial charge >= 0.3 is 0 Å². The Morgan fingerprint density at radius 2 is 2.05 bits per heavy atom. The van der Waals surface area contributed by atoms with Crippen LogP contribution >= 0.6 is 11.8 Å². The number of benzene rings is 1. The number of hydrogen-bond donors (Lipinski definition) is 1. The topological polar surface area (TPSA) is 60.2 Å². The number of thioether (sulfide) groups is 1. The van der Waals surface area contributed by atoms with Gasteiger partial charge in [-0.1, -0.05) is 23.9 Å². The Bertz CT molecular complexity index is 593. The van der Waals surface area contributed by atoms with Crippen LogP contribution in [0.2, 0.25) is 0 Å². The summed E-state index contributed by atoms with van der Waals surface area (Å²) >= 11 is 1.70. The van der Waals surface area contributed by atoms with Crippen LogP contribution in [0.1, 0.15) is 30.3 Å². The molecule has 0 atom stereocenters. The number of hydrogen-bond acceptors (Lipinski definition) is 5. The molecule has 0 aliphatic heterocycles. The largest absolute Gasteiger partial charge is 0.497 e. The zero-order valence-corrected chi connectivity index (χ0v) is 12.8. The molecular formula is C15H19N3O2S. The smallest absolute Gasteiger partial charge is 0.191 e. The average molecular weight is 305 g/mol. The van der Waals surface area contributed by atoms with E-state index in [2.05, 4.69) is 26.9 Å². The van der Waals surface area contributed by atoms with Crippen molar-refractivity contribution in [3.63, 3.8) is 0 Å². The van der Waals surface area contributed by atoms with Gasteiger partial charge in [0, 0.05) is 11.8 Å². The molecule has 1 aromatic carbocycles. The van der Waals surface area contributed by atoms with Gasteiger partial charge in [0.1, 0.15) is 12.4 Å². The lowest BCUT2D eigenvalue weighted by Crippen LogP contribution is -2.03. The van der Waals surface area contributed by atoms with Crippen LogP contribution in [0.3, 0.4) is 0 Å². The molecule has 3 rings (SSSR count). The predicted octanol–water partition coefficient (Wildman–Crippen LogP) is 2.45. The minimum atomic E-state index is -0.0391. The van der Waals surface area contributed by atoms with Crippen LogP contribution < -0.4 is 4.74 Å². The Morgan fingerprint density at radius 1 is 1.29 bits per heavy atom. The third kappa shape index (κ3) is 3.39. The third-order valence-electron chi connectivity index (χ3n) is 3.57. The van der Waals surface area contributed by atoms with Crippen LogP contribution in [-0.4, -0.2) is 32.7 Å². The lowest BCUT2D eigenvalue weighted by molar-refractivity contribution is 0.263. The van der Waals surface area contributed by atoms with E-state index in [4.69, 9.17) is 4.74 Å². The van der Waals surface area contributed by atoms with Gasteiger partial charge in [-0.05, 0) is 37.0 Å². The molecule has 0 radical (unpaired) electrons. The molecule has 2 aromatic rings. The van der Waals surface area contributed by atoms with Gasteiger partial charge in [-0.25, -0.2) is 0 Å². The Balaban J connectivity index is 1.58. The first-order chi connectivity index (χ1) is 10.3. The van der Waals surface area contributed by atoms with E-state index in [1.165, 1.54) is 5.56 Å². The van der Waals surface area contributed by atoms with Crippen molar-refractivity contribution in [2.24, 2.45) is 0 Å². The highest BCUT2D eigenvalue weighted by Gasteiger charge is 2.29. The van der Waals surface area contributed by atoms with Gasteiger partial charge in [-0.15, -0.1) is 10.2 Å². The van der Waals surface area contributed by atoms with Crippen molar-refractivity contribution in [1.29, 1.82) is 0 Å². The summed E-state index contributed by atoms with van der Waals surface area (Å²) in [6.45, 7) is -0.0391. The summed E-state index contributed by atoms with van der Waals surface area (Å²) in [5.41, 5.74) is 1.28. The summed E-state index contributed by atoms with van der Waals surface area (Å²) < 4.78 is 7.25. The highest BCUT2D eigenvalue weighted by atomic mass is 32.2. The van der Waals surface area contributed by atoms with Crippen LogP contribution in [0.15, 0.2) is 29.4 Å². The third-order valence-corrected chi connectivity index (χ3v) is 4.51. The molecule has 1 heterocycles. The second kappa shape index (κ2) is 6.49. The van der Waals surface area contributed by atoms with E-state index in [1.807, 2.05) is 12.1 Å². The van der Waals surface area contributed by atoms with Crippen molar-refractivity contribution in [2.75, 3.05) is 12.9 Å². The zero-order chi connectivity index (χ0) is 14.7. The molecule has 21 heavy (non-hydrogen) atoms. The molecule has 0 amide bonds. The fourth-order valence-electron chi connectivity index (χ4n) is 2.27. The van der Waals surface area contributed by atoms with Gasteiger partial charge in [0.25, 0.3) is 0 Å². The normalized spacial score (nSPS) is 14.4. The van der Waals surface area contributed by atoms with Gasteiger partial charge in [-0.2, -0.15) is 0 Å². The lowest BCUT2D eigenvalue weighted by Gasteiger charge is -2.07. The molecule has 5 nitrogen and oxygen atoms in total. The van der Waals surface area contributed by atoms with E-state index in [9.17, 15) is 5.11 Å². The average Bonchev–Trinajstić information content (AvgIpc) is 3.28. The van der Waals surface area contributed by atoms with Crippen molar-refractivity contribution >= 4 is 11.8 Å². The first-order valence-electron chi connectivity index (χ1n) is 7.12. The molecule has 0 unspecified atom stereocenters. The van der Waals surface area contributed by atoms with E-state index in [1.54, 1.807) is 18.9 Å². The molecule has 0 spiro atoms. The van der Waals surface area contributed by atoms with Crippen LogP contribution in [-0.2, 0) is 13.0 Å². The van der Waals surface area contributed by atoms with Crippen molar-refractivity contribution in [1.82, 2.24) is 14.8 Å². The maximum absolute atomic E-state index is 9.32. The fraction of sp³-hybridized carbons (Fsp3) is 0.467. The molecule has 1 aliphatic carbocycles. The number of methoxy groups -OCH3 is 1. The molecule has 1 N–H and O–H groups in total. The number of rotatable bonds is 7. The Morgan fingerprint density at radius 3 is 2.67 bits per heavy atom. The molecule has 1 fully saturated rings. The van der Waals surface area contributed by atoms with Crippen LogP contribution in [0.4, 0.5) is 0 Å². The van der Waals surface area contributed by atoms with E-state index >= 15 is 0 Å². The lowest BCUT2D eigenvalue weighted by atomic mass is 10.2. The van der Waals surface area contributed by atoms with Gasteiger partial charge < -0.3 is 14.4 Å². The van der Waals surface area contributed by atoms with E-state index < -0.39 is 0 Å². The maximum atomic E-state index is 9.32. The number of aliphatic hydroxyl groups excluding tert-OH is 1. The molecule has 112 valence electrons. The molecule has 0 bridgehead atoms. The van der Waals surface area contributed by atoms with Crippen molar-refractivity contribution in [2.45, 2.75) is 37.1 Å². The Kier molecular flexibility index (Phi) is 4.45. The Labute approximate surface area is 128 Å². The highest BCUT2D eigenvalue weighted by molar-refractivity contribution is 7.99. The monoisotopic (exact) mass is 305 g/mol. The predicted molar refractivity (Wildman–Crippen MR) is 81.6 cm³/mol. The van der Waals surface area contributed by atoms with E-state index in [-0.39, 0.29) is 6.61 Å². The van der Waals surface area contributed by atoms with E-state index in [0.29, 0.717) is 11.9 Å². The minimum absolute atomic E-state index is 0.0391. The molecule has 1 saturated carbocycles. The number of aryl methyl sites for hydroxylation is 1. The van der Waals surface area contributed by atoms with Gasteiger partial charge in [0.2, 0.25) is 0 Å². The summed E-state index contributed by atoms with van der Waals surface area (Å²) in [5.74, 6) is 2.51. The van der Waals surface area contributed by atoms with Crippen LogP contribution in [0.5, 0.6) is 5.75 Å². The number of aromatic nitrogens is 3. The van der Waals surface area contributed by atoms with Crippen LogP contribution in [0, 0.1) is 0 Å². The first kappa shape index (κ1) is 14.4. The SMILES string of the molecule is COc1ccc(CCSc2nnc(CO)n2C2CC2)cc1. The molecule has 1 aromatic heterocycles. The number of aliphatic hydroxyl groups is 1. The summed E-state index contributed by atoms with van der Waals surface area (Å²) in [7, 11) is 1.67. The second-order valence-electron chi connectivity index (χ2n) is 5.10. The standard InChI is InChI=1S/C15H19N3O2S/c1-20-13-6-2-11(3-7-13)8-9-21-15-17-16-14(10-19)18(15)12-4-5-12/h2-3,6-7,12,19H,4-5,8-10H2,1H3. The number of ether oxygens (including phenoxy) is 1. The molecular weight excluding hydrogens is 286 g/mol.